The molecule has 1 amide bonds. The van der Waals surface area contributed by atoms with Gasteiger partial charge < -0.3 is 20.2 Å². The monoisotopic (exact) mass is 308 g/mol. The Morgan fingerprint density at radius 3 is 3.04 bits per heavy atom. The van der Waals surface area contributed by atoms with Gasteiger partial charge in [-0.25, -0.2) is 4.98 Å². The zero-order chi connectivity index (χ0) is 15.8. The van der Waals surface area contributed by atoms with Crippen molar-refractivity contribution < 1.29 is 14.3 Å². The summed E-state index contributed by atoms with van der Waals surface area (Å²) in [6, 6.07) is 10.5. The van der Waals surface area contributed by atoms with Crippen LogP contribution in [0.3, 0.4) is 0 Å². The van der Waals surface area contributed by atoms with Crippen LogP contribution in [0.4, 0.5) is 0 Å². The highest BCUT2D eigenvalue weighted by Crippen LogP contribution is 2.30. The van der Waals surface area contributed by atoms with E-state index in [1.165, 1.54) is 0 Å². The molecule has 0 bridgehead atoms. The summed E-state index contributed by atoms with van der Waals surface area (Å²) in [7, 11) is 0. The normalized spacial score (nSPS) is 14.6. The number of nitrogens with one attached hydrogen (secondary N) is 1. The zero-order valence-corrected chi connectivity index (χ0v) is 12.2. The number of H-pyrrole nitrogens is 1. The highest BCUT2D eigenvalue weighted by atomic mass is 16.6. The van der Waals surface area contributed by atoms with Crippen LogP contribution in [0.15, 0.2) is 36.7 Å². The number of aromatic amines is 1. The van der Waals surface area contributed by atoms with Crippen LogP contribution in [0.25, 0.3) is 22.2 Å². The number of benzene rings is 1. The summed E-state index contributed by atoms with van der Waals surface area (Å²) in [4.78, 5) is 19.2. The number of pyridine rings is 1. The molecular weight excluding hydrogens is 294 g/mol. The van der Waals surface area contributed by atoms with E-state index in [0.717, 1.165) is 11.3 Å². The Balaban J connectivity index is 1.80. The first kappa shape index (κ1) is 13.8. The van der Waals surface area contributed by atoms with Crippen LogP contribution < -0.4 is 10.5 Å². The maximum absolute atomic E-state index is 11.9. The van der Waals surface area contributed by atoms with Gasteiger partial charge in [0.1, 0.15) is 17.5 Å². The molecule has 1 aliphatic heterocycles. The number of hydrogen-bond acceptors (Lipinski definition) is 4. The molecule has 0 saturated carbocycles. The lowest BCUT2D eigenvalue weighted by Gasteiger charge is -2.26. The van der Waals surface area contributed by atoms with Gasteiger partial charge in [0, 0.05) is 29.4 Å². The van der Waals surface area contributed by atoms with Gasteiger partial charge in [-0.1, -0.05) is 12.1 Å². The van der Waals surface area contributed by atoms with Crippen LogP contribution in [0, 0.1) is 6.07 Å². The van der Waals surface area contributed by atoms with Gasteiger partial charge >= 0.3 is 0 Å². The number of rotatable bonds is 4. The third-order valence-corrected chi connectivity index (χ3v) is 3.81. The Morgan fingerprint density at radius 2 is 2.30 bits per heavy atom. The minimum absolute atomic E-state index is 0.0828. The van der Waals surface area contributed by atoms with Crippen molar-refractivity contribution in [1.29, 1.82) is 0 Å². The summed E-state index contributed by atoms with van der Waals surface area (Å²) in [5.74, 6) is 0.214. The second-order valence-electron chi connectivity index (χ2n) is 5.37. The van der Waals surface area contributed by atoms with E-state index < -0.39 is 5.91 Å². The van der Waals surface area contributed by atoms with E-state index in [1.807, 2.05) is 24.3 Å². The van der Waals surface area contributed by atoms with Crippen molar-refractivity contribution in [2.45, 2.75) is 6.10 Å². The van der Waals surface area contributed by atoms with Crippen molar-refractivity contribution >= 4 is 16.9 Å². The van der Waals surface area contributed by atoms with Crippen LogP contribution in [0.1, 0.15) is 10.4 Å². The third-order valence-electron chi connectivity index (χ3n) is 3.81. The molecule has 3 aromatic rings. The SMILES string of the molecule is NC(=O)c1c(-c2cccc(OC3COC3)c2)cnc2[nH]c[c]c12. The maximum atomic E-state index is 11.9. The molecule has 0 atom stereocenters. The fourth-order valence-corrected chi connectivity index (χ4v) is 2.62. The molecule has 6 heteroatoms. The van der Waals surface area contributed by atoms with Gasteiger partial charge in [-0.15, -0.1) is 0 Å². The van der Waals surface area contributed by atoms with Gasteiger partial charge in [0.05, 0.1) is 18.8 Å². The average molecular weight is 308 g/mol. The molecule has 6 nitrogen and oxygen atoms in total. The average Bonchev–Trinajstić information content (AvgIpc) is 2.98. The number of carbonyl (C=O) groups excluding carboxylic acids is 1. The van der Waals surface area contributed by atoms with Gasteiger partial charge in [-0.3, -0.25) is 4.79 Å². The number of fused-ring (bicyclic) bond motifs is 1. The molecule has 1 fully saturated rings. The minimum Gasteiger partial charge on any atom is -0.486 e. The summed E-state index contributed by atoms with van der Waals surface area (Å²) in [5, 5.41) is 0.591. The summed E-state index contributed by atoms with van der Waals surface area (Å²) in [6.45, 7) is 1.20. The first-order chi connectivity index (χ1) is 11.2. The number of carbonyl (C=O) groups is 1. The van der Waals surface area contributed by atoms with Crippen molar-refractivity contribution in [3.63, 3.8) is 0 Å². The summed E-state index contributed by atoms with van der Waals surface area (Å²) >= 11 is 0. The molecule has 1 aliphatic rings. The van der Waals surface area contributed by atoms with E-state index in [9.17, 15) is 4.79 Å². The highest BCUT2D eigenvalue weighted by molar-refractivity contribution is 6.10. The quantitative estimate of drug-likeness (QED) is 0.770. The Bertz CT molecular complexity index is 884. The zero-order valence-electron chi connectivity index (χ0n) is 12.2. The lowest BCUT2D eigenvalue weighted by molar-refractivity contribution is -0.0796. The van der Waals surface area contributed by atoms with Crippen molar-refractivity contribution in [3.05, 3.63) is 48.3 Å². The van der Waals surface area contributed by atoms with Gasteiger partial charge in [0.2, 0.25) is 5.91 Å². The van der Waals surface area contributed by atoms with E-state index in [1.54, 1.807) is 12.4 Å². The molecule has 1 saturated heterocycles. The topological polar surface area (TPSA) is 90.2 Å². The van der Waals surface area contributed by atoms with Gasteiger partial charge in [-0.2, -0.15) is 0 Å². The largest absolute Gasteiger partial charge is 0.486 e. The smallest absolute Gasteiger partial charge is 0.250 e. The molecule has 0 aliphatic carbocycles. The van der Waals surface area contributed by atoms with Crippen LogP contribution in [-0.2, 0) is 4.74 Å². The number of ether oxygens (including phenoxy) is 2. The van der Waals surface area contributed by atoms with Gasteiger partial charge in [0.15, 0.2) is 0 Å². The number of nitrogens with zero attached hydrogens (tertiary/aromatic N) is 1. The molecule has 4 rings (SSSR count). The standard InChI is InChI=1S/C17H14N3O3/c18-16(21)15-13-4-5-19-17(13)20-7-14(15)10-2-1-3-11(6-10)23-12-8-22-9-12/h1-3,5-7,12H,8-9H2,(H2,18,21)(H,19,20). The van der Waals surface area contributed by atoms with E-state index in [-0.39, 0.29) is 6.10 Å². The first-order valence-corrected chi connectivity index (χ1v) is 7.25. The van der Waals surface area contributed by atoms with Crippen LogP contribution in [-0.4, -0.2) is 35.2 Å². The fraction of sp³-hybridized carbons (Fsp3) is 0.176. The highest BCUT2D eigenvalue weighted by Gasteiger charge is 2.21. The maximum Gasteiger partial charge on any atom is 0.250 e. The molecule has 1 aromatic carbocycles. The van der Waals surface area contributed by atoms with E-state index in [2.05, 4.69) is 16.0 Å². The molecule has 115 valence electrons. The Morgan fingerprint density at radius 1 is 1.43 bits per heavy atom. The Labute approximate surface area is 132 Å². The molecule has 0 unspecified atom stereocenters. The number of amides is 1. The third kappa shape index (κ3) is 2.43. The van der Waals surface area contributed by atoms with Crippen LogP contribution in [0.2, 0.25) is 0 Å². The van der Waals surface area contributed by atoms with E-state index >= 15 is 0 Å². The molecule has 2 aromatic heterocycles. The van der Waals surface area contributed by atoms with Gasteiger partial charge in [-0.05, 0) is 17.7 Å². The van der Waals surface area contributed by atoms with E-state index in [0.29, 0.717) is 35.4 Å². The number of nitrogens with two attached hydrogens (primary N) is 1. The Kier molecular flexibility index (Phi) is 3.24. The van der Waals surface area contributed by atoms with Crippen LogP contribution >= 0.6 is 0 Å². The van der Waals surface area contributed by atoms with Gasteiger partial charge in [0.25, 0.3) is 0 Å². The molecule has 1 radical (unpaired) electrons. The number of hydrogen-bond donors (Lipinski definition) is 2. The van der Waals surface area contributed by atoms with E-state index in [4.69, 9.17) is 15.2 Å². The summed E-state index contributed by atoms with van der Waals surface area (Å²) < 4.78 is 10.9. The predicted octanol–water partition coefficient (Wildman–Crippen LogP) is 1.91. The van der Waals surface area contributed by atoms with Crippen molar-refractivity contribution in [2.75, 3.05) is 13.2 Å². The van der Waals surface area contributed by atoms with Crippen molar-refractivity contribution in [2.24, 2.45) is 5.73 Å². The van der Waals surface area contributed by atoms with Crippen molar-refractivity contribution in [3.8, 4) is 16.9 Å². The molecule has 3 N–H and O–H groups in total. The Hall–Kier alpha value is -2.86. The molecule has 3 heterocycles. The van der Waals surface area contributed by atoms with Crippen molar-refractivity contribution in [1.82, 2.24) is 9.97 Å². The minimum atomic E-state index is -0.512. The summed E-state index contributed by atoms with van der Waals surface area (Å²) in [5.41, 5.74) is 8.05. The molecular formula is C17H14N3O3. The summed E-state index contributed by atoms with van der Waals surface area (Å²) in [6.07, 6.45) is 3.34. The predicted molar refractivity (Wildman–Crippen MR) is 84.1 cm³/mol. The van der Waals surface area contributed by atoms with Crippen LogP contribution in [0.5, 0.6) is 5.75 Å². The number of aromatic nitrogens is 2. The lowest BCUT2D eigenvalue weighted by Crippen LogP contribution is -2.38. The first-order valence-electron chi connectivity index (χ1n) is 7.25. The second-order valence-corrected chi connectivity index (χ2v) is 5.37. The lowest BCUT2D eigenvalue weighted by atomic mass is 9.99. The number of primary amides is 1. The molecule has 23 heavy (non-hydrogen) atoms. The fourth-order valence-electron chi connectivity index (χ4n) is 2.62. The second kappa shape index (κ2) is 5.40. The molecule has 0 spiro atoms.